The third-order valence-corrected chi connectivity index (χ3v) is 10.7. The number of nitrogens with zero attached hydrogens (tertiary/aromatic N) is 7. The highest BCUT2D eigenvalue weighted by atomic mass is 16.6. The van der Waals surface area contributed by atoms with Crippen molar-refractivity contribution in [3.63, 3.8) is 0 Å². The number of nitriles is 1. The Morgan fingerprint density at radius 1 is 0.959 bits per heavy atom. The van der Waals surface area contributed by atoms with E-state index in [-0.39, 0.29) is 30.7 Å². The summed E-state index contributed by atoms with van der Waals surface area (Å²) >= 11 is 0. The molecule has 4 heterocycles. The number of likely N-dealkylation sites (N-methyl/N-ethyl adjacent to an activating group) is 1. The number of amides is 1. The maximum atomic E-state index is 13.3. The number of rotatable bonds is 8. The molecular weight excluding hydrogens is 614 g/mol. The highest BCUT2D eigenvalue weighted by Crippen LogP contribution is 2.36. The maximum Gasteiger partial charge on any atom is 0.410 e. The van der Waals surface area contributed by atoms with E-state index >= 15 is 0 Å². The monoisotopic (exact) mass is 659 g/mol. The molecule has 7 rings (SSSR count). The number of ether oxygens (including phenoxy) is 2. The number of anilines is 2. The van der Waals surface area contributed by atoms with E-state index in [2.05, 4.69) is 84.1 Å². The fourth-order valence-corrected chi connectivity index (χ4v) is 7.52. The molecule has 1 unspecified atom stereocenters. The second-order valence-corrected chi connectivity index (χ2v) is 14.0. The number of fused-ring (bicyclic) bond motifs is 2. The van der Waals surface area contributed by atoms with Crippen LogP contribution in [0.15, 0.2) is 72.8 Å². The summed E-state index contributed by atoms with van der Waals surface area (Å²) in [6.45, 7) is 8.20. The van der Waals surface area contributed by atoms with Crippen LogP contribution in [0.3, 0.4) is 0 Å². The number of likely N-dealkylation sites (tertiary alicyclic amines) is 1. The number of hydrogen-bond acceptors (Lipinski definition) is 9. The van der Waals surface area contributed by atoms with E-state index in [0.29, 0.717) is 38.8 Å². The summed E-state index contributed by atoms with van der Waals surface area (Å²) in [4.78, 5) is 32.1. The molecule has 2 saturated heterocycles. The minimum atomic E-state index is -0.396. The van der Waals surface area contributed by atoms with Gasteiger partial charge in [-0.3, -0.25) is 4.90 Å². The van der Waals surface area contributed by atoms with Gasteiger partial charge in [0.05, 0.1) is 30.8 Å². The zero-order valence-corrected chi connectivity index (χ0v) is 28.7. The average Bonchev–Trinajstić information content (AvgIpc) is 3.39. The van der Waals surface area contributed by atoms with Gasteiger partial charge in [-0.05, 0) is 57.2 Å². The molecule has 1 aromatic heterocycles. The fourth-order valence-electron chi connectivity index (χ4n) is 7.52. The summed E-state index contributed by atoms with van der Waals surface area (Å²) in [6.07, 6.45) is 2.76. The van der Waals surface area contributed by atoms with Crippen molar-refractivity contribution in [2.24, 2.45) is 0 Å². The van der Waals surface area contributed by atoms with Gasteiger partial charge in [0.25, 0.3) is 0 Å². The lowest BCUT2D eigenvalue weighted by Gasteiger charge is -2.42. The van der Waals surface area contributed by atoms with Crippen molar-refractivity contribution in [1.82, 2.24) is 19.8 Å². The van der Waals surface area contributed by atoms with Crippen molar-refractivity contribution in [2.45, 2.75) is 70.3 Å². The Labute approximate surface area is 288 Å². The molecular formula is C39H45N7O3. The summed E-state index contributed by atoms with van der Waals surface area (Å²) in [5.74, 6) is 0.845. The molecule has 0 N–H and O–H groups in total. The molecule has 2 fully saturated rings. The zero-order chi connectivity index (χ0) is 34.0. The Bertz CT molecular complexity index is 1840. The highest BCUT2D eigenvalue weighted by Gasteiger charge is 2.38. The first-order chi connectivity index (χ1) is 23.8. The van der Waals surface area contributed by atoms with E-state index < -0.39 is 6.09 Å². The molecule has 3 aromatic carbocycles. The van der Waals surface area contributed by atoms with Crippen molar-refractivity contribution < 1.29 is 14.3 Å². The first-order valence-electron chi connectivity index (χ1n) is 17.4. The highest BCUT2D eigenvalue weighted by molar-refractivity contribution is 5.94. The predicted octanol–water partition coefficient (Wildman–Crippen LogP) is 6.19. The Morgan fingerprint density at radius 3 is 2.55 bits per heavy atom. The fraction of sp³-hybridized carbons (Fsp3) is 0.436. The third kappa shape index (κ3) is 6.86. The van der Waals surface area contributed by atoms with Crippen LogP contribution in [0.1, 0.15) is 49.9 Å². The normalized spacial score (nSPS) is 20.6. The molecule has 49 heavy (non-hydrogen) atoms. The number of carbonyl (C=O) groups excluding carboxylic acids is 1. The Morgan fingerprint density at radius 2 is 1.76 bits per heavy atom. The summed E-state index contributed by atoms with van der Waals surface area (Å²) < 4.78 is 12.1. The van der Waals surface area contributed by atoms with Crippen LogP contribution in [0.4, 0.5) is 16.3 Å². The second-order valence-electron chi connectivity index (χ2n) is 14.0. The Kier molecular flexibility index (Phi) is 9.28. The van der Waals surface area contributed by atoms with E-state index in [1.165, 1.54) is 16.5 Å². The van der Waals surface area contributed by atoms with Gasteiger partial charge in [-0.2, -0.15) is 15.2 Å². The number of aromatic nitrogens is 2. The number of piperazine rings is 1. The first-order valence-corrected chi connectivity index (χ1v) is 17.4. The van der Waals surface area contributed by atoms with Gasteiger partial charge in [-0.15, -0.1) is 0 Å². The van der Waals surface area contributed by atoms with Gasteiger partial charge < -0.3 is 24.2 Å². The third-order valence-electron chi connectivity index (χ3n) is 10.7. The smallest absolute Gasteiger partial charge is 0.410 e. The lowest BCUT2D eigenvalue weighted by atomic mass is 10.0. The largest absolute Gasteiger partial charge is 0.462 e. The SMILES string of the molecule is CN1[C@H](COc2nc3c(c(N4CCN(C(=O)OCc5ccccc5)C(CC#N)C4)n2)CCN(c2cccc4ccccc24)C3)CCC1(C)C. The van der Waals surface area contributed by atoms with Crippen molar-refractivity contribution in [2.75, 3.05) is 49.6 Å². The van der Waals surface area contributed by atoms with E-state index in [1.54, 1.807) is 4.90 Å². The molecule has 0 spiro atoms. The molecule has 10 heteroatoms. The van der Waals surface area contributed by atoms with Crippen LogP contribution < -0.4 is 14.5 Å². The van der Waals surface area contributed by atoms with Gasteiger partial charge in [0.15, 0.2) is 0 Å². The molecule has 0 aliphatic carbocycles. The summed E-state index contributed by atoms with van der Waals surface area (Å²) in [7, 11) is 2.17. The molecule has 10 nitrogen and oxygen atoms in total. The lowest BCUT2D eigenvalue weighted by molar-refractivity contribution is 0.0767. The van der Waals surface area contributed by atoms with Crippen molar-refractivity contribution in [3.8, 4) is 12.1 Å². The Hall–Kier alpha value is -4.88. The molecule has 0 radical (unpaired) electrons. The molecule has 1 amide bonds. The quantitative estimate of drug-likeness (QED) is 0.220. The van der Waals surface area contributed by atoms with Crippen LogP contribution in [-0.4, -0.2) is 83.3 Å². The maximum absolute atomic E-state index is 13.3. The molecule has 0 saturated carbocycles. The van der Waals surface area contributed by atoms with Crippen LogP contribution in [-0.2, 0) is 24.3 Å². The van der Waals surface area contributed by atoms with Gasteiger partial charge in [-0.25, -0.2) is 4.79 Å². The summed E-state index contributed by atoms with van der Waals surface area (Å²) in [5, 5.41) is 12.2. The van der Waals surface area contributed by atoms with Crippen LogP contribution in [0.25, 0.3) is 10.8 Å². The number of benzene rings is 3. The molecule has 2 atom stereocenters. The molecule has 0 bridgehead atoms. The van der Waals surface area contributed by atoms with Gasteiger partial charge in [0.2, 0.25) is 0 Å². The van der Waals surface area contributed by atoms with Crippen LogP contribution in [0, 0.1) is 11.3 Å². The second kappa shape index (κ2) is 13.9. The summed E-state index contributed by atoms with van der Waals surface area (Å²) in [5.41, 5.74) is 4.32. The van der Waals surface area contributed by atoms with Crippen LogP contribution in [0.2, 0.25) is 0 Å². The minimum Gasteiger partial charge on any atom is -0.462 e. The van der Waals surface area contributed by atoms with E-state index in [0.717, 1.165) is 48.4 Å². The molecule has 4 aromatic rings. The van der Waals surface area contributed by atoms with Crippen LogP contribution in [0.5, 0.6) is 6.01 Å². The van der Waals surface area contributed by atoms with Gasteiger partial charge in [0, 0.05) is 54.4 Å². The van der Waals surface area contributed by atoms with E-state index in [1.807, 2.05) is 30.3 Å². The van der Waals surface area contributed by atoms with E-state index in [4.69, 9.17) is 19.4 Å². The van der Waals surface area contributed by atoms with Gasteiger partial charge in [-0.1, -0.05) is 66.7 Å². The summed E-state index contributed by atoms with van der Waals surface area (Å²) in [6, 6.07) is 27.2. The van der Waals surface area contributed by atoms with Crippen LogP contribution >= 0.6 is 0 Å². The van der Waals surface area contributed by atoms with Crippen molar-refractivity contribution in [3.05, 3.63) is 89.6 Å². The number of hydrogen-bond donors (Lipinski definition) is 0. The lowest BCUT2D eigenvalue weighted by Crippen LogP contribution is -2.55. The standard InChI is InChI=1S/C39H45N7O3/c1-39(2)19-16-31(43(39)3)27-48-37-41-34-25-44(35-15-9-13-29-12-7-8-14-32(29)35)21-18-33(34)36(42-37)45-22-23-46(30(24-45)17-20-40)38(47)49-26-28-10-5-4-6-11-28/h4-15,30-31H,16-19,21-27H2,1-3H3/t30?,31-/m0/s1. The average molecular weight is 660 g/mol. The minimum absolute atomic E-state index is 0.131. The van der Waals surface area contributed by atoms with Gasteiger partial charge in [0.1, 0.15) is 19.0 Å². The first kappa shape index (κ1) is 32.7. The molecule has 3 aliphatic heterocycles. The molecule has 3 aliphatic rings. The molecule has 254 valence electrons. The predicted molar refractivity (Wildman–Crippen MR) is 191 cm³/mol. The van der Waals surface area contributed by atoms with E-state index in [9.17, 15) is 10.1 Å². The Balaban J connectivity index is 1.15. The number of carbonyl (C=O) groups is 1. The zero-order valence-electron chi connectivity index (χ0n) is 28.7. The topological polar surface area (TPSA) is 98.1 Å². The van der Waals surface area contributed by atoms with Crippen molar-refractivity contribution in [1.29, 1.82) is 5.26 Å². The van der Waals surface area contributed by atoms with Crippen molar-refractivity contribution >= 4 is 28.4 Å². The van der Waals surface area contributed by atoms with Gasteiger partial charge >= 0.3 is 12.1 Å².